The van der Waals surface area contributed by atoms with Gasteiger partial charge in [0, 0.05) is 25.7 Å². The fraction of sp³-hybridized carbons (Fsp3) is 0.524. The van der Waals surface area contributed by atoms with E-state index >= 15 is 0 Å². The van der Waals surface area contributed by atoms with E-state index in [-0.39, 0.29) is 17.7 Å². The van der Waals surface area contributed by atoms with Crippen molar-refractivity contribution in [3.63, 3.8) is 0 Å². The third kappa shape index (κ3) is 4.75. The van der Waals surface area contributed by atoms with E-state index in [0.29, 0.717) is 36.8 Å². The lowest BCUT2D eigenvalue weighted by Gasteiger charge is -2.31. The molecule has 0 spiro atoms. The highest BCUT2D eigenvalue weighted by Crippen LogP contribution is 2.22. The molecule has 1 unspecified atom stereocenters. The van der Waals surface area contributed by atoms with Crippen molar-refractivity contribution in [2.45, 2.75) is 39.5 Å². The van der Waals surface area contributed by atoms with Crippen LogP contribution in [0, 0.1) is 12.8 Å². The number of methoxy groups -OCH3 is 1. The number of unbranched alkanes of at least 4 members (excludes halogenated alkanes) is 1. The van der Waals surface area contributed by atoms with E-state index in [0.717, 1.165) is 31.4 Å². The standard InChI is InChI=1S/C21H29N5O3/c1-4-5-11-22-20(27)16-8-7-12-25(14-16)21(28)19-15(2)26(24-23-19)17-9-6-10-18(13-17)29-3/h6,9-10,13,16H,4-5,7-8,11-12,14H2,1-3H3,(H,22,27). The highest BCUT2D eigenvalue weighted by molar-refractivity contribution is 5.94. The first kappa shape index (κ1) is 20.8. The average Bonchev–Trinajstić information content (AvgIpc) is 3.14. The van der Waals surface area contributed by atoms with Gasteiger partial charge in [-0.25, -0.2) is 4.68 Å². The molecule has 0 radical (unpaired) electrons. The number of rotatable bonds is 7. The zero-order valence-corrected chi connectivity index (χ0v) is 17.4. The van der Waals surface area contributed by atoms with Crippen molar-refractivity contribution in [1.82, 2.24) is 25.2 Å². The lowest BCUT2D eigenvalue weighted by atomic mass is 9.96. The molecule has 29 heavy (non-hydrogen) atoms. The van der Waals surface area contributed by atoms with Crippen molar-refractivity contribution < 1.29 is 14.3 Å². The van der Waals surface area contributed by atoms with Crippen LogP contribution in [0.25, 0.3) is 5.69 Å². The van der Waals surface area contributed by atoms with Crippen LogP contribution >= 0.6 is 0 Å². The number of nitrogens with one attached hydrogen (secondary N) is 1. The number of piperidine rings is 1. The van der Waals surface area contributed by atoms with Crippen LogP contribution in [0.15, 0.2) is 24.3 Å². The molecule has 2 aromatic rings. The van der Waals surface area contributed by atoms with Crippen molar-refractivity contribution in [3.8, 4) is 11.4 Å². The number of hydrogen-bond donors (Lipinski definition) is 1. The van der Waals surface area contributed by atoms with E-state index in [1.165, 1.54) is 0 Å². The highest BCUT2D eigenvalue weighted by Gasteiger charge is 2.31. The van der Waals surface area contributed by atoms with Gasteiger partial charge in [0.2, 0.25) is 5.91 Å². The Labute approximate surface area is 171 Å². The summed E-state index contributed by atoms with van der Waals surface area (Å²) in [5, 5.41) is 11.3. The highest BCUT2D eigenvalue weighted by atomic mass is 16.5. The van der Waals surface area contributed by atoms with Crippen molar-refractivity contribution in [1.29, 1.82) is 0 Å². The van der Waals surface area contributed by atoms with Gasteiger partial charge in [-0.2, -0.15) is 0 Å². The third-order valence-electron chi connectivity index (χ3n) is 5.30. The minimum Gasteiger partial charge on any atom is -0.497 e. The number of nitrogens with zero attached hydrogens (tertiary/aromatic N) is 4. The van der Waals surface area contributed by atoms with Crippen LogP contribution in [0.4, 0.5) is 0 Å². The maximum absolute atomic E-state index is 13.1. The fourth-order valence-electron chi connectivity index (χ4n) is 3.57. The Morgan fingerprint density at radius 2 is 2.17 bits per heavy atom. The summed E-state index contributed by atoms with van der Waals surface area (Å²) in [5.41, 5.74) is 1.76. The Kier molecular flexibility index (Phi) is 6.85. The third-order valence-corrected chi connectivity index (χ3v) is 5.30. The van der Waals surface area contributed by atoms with Gasteiger partial charge in [0.25, 0.3) is 5.91 Å². The van der Waals surface area contributed by atoms with Crippen molar-refractivity contribution in [2.24, 2.45) is 5.92 Å². The molecule has 1 atom stereocenters. The van der Waals surface area contributed by atoms with E-state index in [4.69, 9.17) is 4.74 Å². The van der Waals surface area contributed by atoms with Crippen LogP contribution in [0.5, 0.6) is 5.75 Å². The second-order valence-corrected chi connectivity index (χ2v) is 7.37. The van der Waals surface area contributed by atoms with Crippen LogP contribution in [0.2, 0.25) is 0 Å². The van der Waals surface area contributed by atoms with E-state index < -0.39 is 0 Å². The Bertz CT molecular complexity index is 864. The second-order valence-electron chi connectivity index (χ2n) is 7.37. The van der Waals surface area contributed by atoms with Crippen LogP contribution in [-0.4, -0.2) is 58.5 Å². The SMILES string of the molecule is CCCCNC(=O)C1CCCN(C(=O)c2nnn(-c3cccc(OC)c3)c2C)C1. The molecule has 1 aliphatic rings. The number of likely N-dealkylation sites (tertiary alicyclic amines) is 1. The monoisotopic (exact) mass is 399 g/mol. The molecule has 0 aliphatic carbocycles. The Morgan fingerprint density at radius 1 is 1.34 bits per heavy atom. The van der Waals surface area contributed by atoms with Gasteiger partial charge in [-0.3, -0.25) is 9.59 Å². The van der Waals surface area contributed by atoms with Gasteiger partial charge < -0.3 is 15.0 Å². The number of hydrogen-bond acceptors (Lipinski definition) is 5. The molecule has 8 nitrogen and oxygen atoms in total. The molecule has 8 heteroatoms. The predicted molar refractivity (Wildman–Crippen MR) is 109 cm³/mol. The second kappa shape index (κ2) is 9.54. The van der Waals surface area contributed by atoms with Gasteiger partial charge in [-0.05, 0) is 38.3 Å². The number of carbonyl (C=O) groups excluding carboxylic acids is 2. The normalized spacial score (nSPS) is 16.5. The fourth-order valence-corrected chi connectivity index (χ4v) is 3.57. The summed E-state index contributed by atoms with van der Waals surface area (Å²) < 4.78 is 6.89. The zero-order chi connectivity index (χ0) is 20.8. The minimum absolute atomic E-state index is 0.0349. The van der Waals surface area contributed by atoms with Gasteiger partial charge in [0.05, 0.1) is 24.4 Å². The largest absolute Gasteiger partial charge is 0.497 e. The molecule has 1 aliphatic heterocycles. The molecular formula is C21H29N5O3. The summed E-state index contributed by atoms with van der Waals surface area (Å²) >= 11 is 0. The molecule has 2 amide bonds. The van der Waals surface area contributed by atoms with E-state index in [1.807, 2.05) is 31.2 Å². The number of ether oxygens (including phenoxy) is 1. The van der Waals surface area contributed by atoms with Gasteiger partial charge in [-0.15, -0.1) is 5.10 Å². The van der Waals surface area contributed by atoms with Crippen LogP contribution in [-0.2, 0) is 4.79 Å². The lowest BCUT2D eigenvalue weighted by Crippen LogP contribution is -2.45. The van der Waals surface area contributed by atoms with E-state index in [2.05, 4.69) is 22.6 Å². The number of aromatic nitrogens is 3. The van der Waals surface area contributed by atoms with Gasteiger partial charge >= 0.3 is 0 Å². The van der Waals surface area contributed by atoms with Crippen molar-refractivity contribution >= 4 is 11.8 Å². The molecular weight excluding hydrogens is 370 g/mol. The molecule has 0 bridgehead atoms. The van der Waals surface area contributed by atoms with Crippen molar-refractivity contribution in [3.05, 3.63) is 35.7 Å². The van der Waals surface area contributed by atoms with Crippen molar-refractivity contribution in [2.75, 3.05) is 26.7 Å². The Balaban J connectivity index is 1.71. The predicted octanol–water partition coefficient (Wildman–Crippen LogP) is 2.35. The maximum atomic E-state index is 13.1. The summed E-state index contributed by atoms with van der Waals surface area (Å²) in [7, 11) is 1.60. The van der Waals surface area contributed by atoms with Gasteiger partial charge in [0.15, 0.2) is 5.69 Å². The molecule has 3 rings (SSSR count). The van der Waals surface area contributed by atoms with Crippen LogP contribution in [0.1, 0.15) is 48.8 Å². The average molecular weight is 399 g/mol. The van der Waals surface area contributed by atoms with Gasteiger partial charge in [-0.1, -0.05) is 24.6 Å². The smallest absolute Gasteiger partial charge is 0.276 e. The van der Waals surface area contributed by atoms with Crippen LogP contribution in [0.3, 0.4) is 0 Å². The molecule has 1 fully saturated rings. The maximum Gasteiger partial charge on any atom is 0.276 e. The van der Waals surface area contributed by atoms with Crippen LogP contribution < -0.4 is 10.1 Å². The number of benzene rings is 1. The number of amides is 2. The zero-order valence-electron chi connectivity index (χ0n) is 17.4. The summed E-state index contributed by atoms with van der Waals surface area (Å²) in [6, 6.07) is 7.44. The Morgan fingerprint density at radius 3 is 2.93 bits per heavy atom. The summed E-state index contributed by atoms with van der Waals surface area (Å²) in [5.74, 6) is 0.395. The van der Waals surface area contributed by atoms with E-state index in [1.54, 1.807) is 16.7 Å². The quantitative estimate of drug-likeness (QED) is 0.722. The summed E-state index contributed by atoms with van der Waals surface area (Å²) in [6.07, 6.45) is 3.61. The molecule has 0 saturated carbocycles. The molecule has 1 aromatic carbocycles. The first-order valence-electron chi connectivity index (χ1n) is 10.2. The molecule has 156 valence electrons. The number of carbonyl (C=O) groups is 2. The molecule has 1 aromatic heterocycles. The minimum atomic E-state index is -0.178. The molecule has 1 saturated heterocycles. The molecule has 2 heterocycles. The van der Waals surface area contributed by atoms with Gasteiger partial charge in [0.1, 0.15) is 5.75 Å². The van der Waals surface area contributed by atoms with E-state index in [9.17, 15) is 9.59 Å². The Hall–Kier alpha value is -2.90. The first-order chi connectivity index (χ1) is 14.0. The lowest BCUT2D eigenvalue weighted by molar-refractivity contribution is -0.126. The first-order valence-corrected chi connectivity index (χ1v) is 10.2. The topological polar surface area (TPSA) is 89.4 Å². The summed E-state index contributed by atoms with van der Waals surface area (Å²) in [6.45, 7) is 5.65. The summed E-state index contributed by atoms with van der Waals surface area (Å²) in [4.78, 5) is 27.2. The molecule has 1 N–H and O–H groups in total.